The van der Waals surface area contributed by atoms with E-state index in [0.717, 1.165) is 10.5 Å². The van der Waals surface area contributed by atoms with Crippen LogP contribution in [0.1, 0.15) is 5.56 Å². The molecule has 2 aromatic carbocycles. The molecule has 0 aliphatic carbocycles. The van der Waals surface area contributed by atoms with Gasteiger partial charge in [-0.15, -0.1) is 11.8 Å². The van der Waals surface area contributed by atoms with Gasteiger partial charge in [-0.25, -0.2) is 0 Å². The first kappa shape index (κ1) is 13.7. The molecule has 2 aromatic rings. The van der Waals surface area contributed by atoms with E-state index in [1.165, 1.54) is 23.9 Å². The minimum atomic E-state index is -0.495. The van der Waals surface area contributed by atoms with Crippen molar-refractivity contribution in [1.29, 1.82) is 0 Å². The molecule has 4 nitrogen and oxygen atoms in total. The lowest BCUT2D eigenvalue weighted by Crippen LogP contribution is -1.91. The minimum absolute atomic E-state index is 0.0873. The number of hydrogen-bond acceptors (Lipinski definition) is 4. The highest BCUT2D eigenvalue weighted by molar-refractivity contribution is 7.98. The number of nitro groups is 1. The normalized spacial score (nSPS) is 10.4. The van der Waals surface area contributed by atoms with Gasteiger partial charge < -0.3 is 5.11 Å². The molecule has 0 heterocycles. The van der Waals surface area contributed by atoms with Crippen molar-refractivity contribution < 1.29 is 10.0 Å². The fourth-order valence-electron chi connectivity index (χ4n) is 1.53. The van der Waals surface area contributed by atoms with E-state index in [2.05, 4.69) is 0 Å². The molecule has 0 radical (unpaired) electrons. The summed E-state index contributed by atoms with van der Waals surface area (Å²) in [5, 5.41) is 20.3. The molecule has 0 fully saturated rings. The number of rotatable bonds is 4. The fourth-order valence-corrected chi connectivity index (χ4v) is 2.61. The van der Waals surface area contributed by atoms with Crippen LogP contribution < -0.4 is 0 Å². The zero-order valence-corrected chi connectivity index (χ0v) is 11.3. The molecule has 0 amide bonds. The van der Waals surface area contributed by atoms with Gasteiger partial charge in [-0.1, -0.05) is 23.7 Å². The van der Waals surface area contributed by atoms with Gasteiger partial charge in [0.1, 0.15) is 10.8 Å². The lowest BCUT2D eigenvalue weighted by molar-refractivity contribution is -0.384. The van der Waals surface area contributed by atoms with Crippen molar-refractivity contribution in [3.8, 4) is 5.75 Å². The van der Waals surface area contributed by atoms with E-state index in [9.17, 15) is 15.2 Å². The molecule has 0 aliphatic heterocycles. The first-order valence-electron chi connectivity index (χ1n) is 5.41. The van der Waals surface area contributed by atoms with Crippen molar-refractivity contribution in [3.05, 3.63) is 63.2 Å². The van der Waals surface area contributed by atoms with Gasteiger partial charge in [-0.2, -0.15) is 0 Å². The molecular weight excluding hydrogens is 286 g/mol. The van der Waals surface area contributed by atoms with Crippen molar-refractivity contribution in [1.82, 2.24) is 0 Å². The fraction of sp³-hybridized carbons (Fsp3) is 0.0769. The Labute approximate surface area is 119 Å². The summed E-state index contributed by atoms with van der Waals surface area (Å²) in [5.74, 6) is 0.772. The van der Waals surface area contributed by atoms with E-state index >= 15 is 0 Å². The molecule has 0 atom stereocenters. The first-order chi connectivity index (χ1) is 9.06. The summed E-state index contributed by atoms with van der Waals surface area (Å²) >= 11 is 7.24. The number of aromatic hydroxyl groups is 1. The van der Waals surface area contributed by atoms with E-state index in [1.54, 1.807) is 24.3 Å². The number of hydrogen-bond donors (Lipinski definition) is 1. The number of thioether (sulfide) groups is 1. The Balaban J connectivity index is 2.12. The standard InChI is InChI=1S/C13H10ClNO3S/c14-12-5-4-9(6-13(12)15(17)18)8-19-11-3-1-2-10(16)7-11/h1-7,16H,8H2. The van der Waals surface area contributed by atoms with Crippen LogP contribution in [0.15, 0.2) is 47.4 Å². The highest BCUT2D eigenvalue weighted by Gasteiger charge is 2.12. The Kier molecular flexibility index (Phi) is 4.29. The van der Waals surface area contributed by atoms with Crippen LogP contribution in [0.3, 0.4) is 0 Å². The van der Waals surface area contributed by atoms with Gasteiger partial charge in [0.05, 0.1) is 4.92 Å². The van der Waals surface area contributed by atoms with Crippen LogP contribution in [0.5, 0.6) is 5.75 Å². The third kappa shape index (κ3) is 3.62. The number of benzene rings is 2. The summed E-state index contributed by atoms with van der Waals surface area (Å²) in [4.78, 5) is 11.2. The monoisotopic (exact) mass is 295 g/mol. The summed E-state index contributed by atoms with van der Waals surface area (Å²) in [6.45, 7) is 0. The van der Waals surface area contributed by atoms with Gasteiger partial charge in [0.15, 0.2) is 0 Å². The van der Waals surface area contributed by atoms with Crippen LogP contribution in [0.25, 0.3) is 0 Å². The molecule has 0 saturated carbocycles. The second-order valence-corrected chi connectivity index (χ2v) is 5.28. The third-order valence-electron chi connectivity index (χ3n) is 2.43. The van der Waals surface area contributed by atoms with Gasteiger partial charge >= 0.3 is 0 Å². The molecule has 98 valence electrons. The van der Waals surface area contributed by atoms with E-state index in [-0.39, 0.29) is 16.5 Å². The maximum Gasteiger partial charge on any atom is 0.288 e. The number of halogens is 1. The van der Waals surface area contributed by atoms with Gasteiger partial charge in [0.2, 0.25) is 0 Å². The average Bonchev–Trinajstić information content (AvgIpc) is 2.37. The molecule has 0 saturated heterocycles. The van der Waals surface area contributed by atoms with Crippen molar-refractivity contribution in [2.75, 3.05) is 0 Å². The Hall–Kier alpha value is -1.72. The van der Waals surface area contributed by atoms with Gasteiger partial charge in [0.25, 0.3) is 5.69 Å². The molecule has 0 aliphatic rings. The first-order valence-corrected chi connectivity index (χ1v) is 6.77. The maximum absolute atomic E-state index is 10.8. The zero-order chi connectivity index (χ0) is 13.8. The summed E-state index contributed by atoms with van der Waals surface area (Å²) in [5.41, 5.74) is 0.722. The largest absolute Gasteiger partial charge is 0.508 e. The highest BCUT2D eigenvalue weighted by atomic mass is 35.5. The molecule has 2 rings (SSSR count). The lowest BCUT2D eigenvalue weighted by Gasteiger charge is -2.03. The number of nitro benzene ring substituents is 1. The van der Waals surface area contributed by atoms with Crippen LogP contribution in [0, 0.1) is 10.1 Å². The average molecular weight is 296 g/mol. The van der Waals surface area contributed by atoms with Crippen LogP contribution in [0.2, 0.25) is 5.02 Å². The predicted octanol–water partition coefficient (Wildman–Crippen LogP) is 4.25. The Morgan fingerprint density at radius 2 is 2.05 bits per heavy atom. The molecule has 6 heteroatoms. The molecule has 0 spiro atoms. The smallest absolute Gasteiger partial charge is 0.288 e. The van der Waals surface area contributed by atoms with Crippen LogP contribution >= 0.6 is 23.4 Å². The SMILES string of the molecule is O=[N+]([O-])c1cc(CSc2cccc(O)c2)ccc1Cl. The number of nitrogens with zero attached hydrogens (tertiary/aromatic N) is 1. The van der Waals surface area contributed by atoms with Crippen molar-refractivity contribution >= 4 is 29.1 Å². The highest BCUT2D eigenvalue weighted by Crippen LogP contribution is 2.30. The molecule has 1 N–H and O–H groups in total. The summed E-state index contributed by atoms with van der Waals surface area (Å²) in [6, 6.07) is 11.6. The maximum atomic E-state index is 10.8. The quantitative estimate of drug-likeness (QED) is 0.520. The van der Waals surface area contributed by atoms with Crippen molar-refractivity contribution in [2.45, 2.75) is 10.6 Å². The minimum Gasteiger partial charge on any atom is -0.508 e. The Morgan fingerprint density at radius 1 is 1.26 bits per heavy atom. The molecular formula is C13H10ClNO3S. The number of phenols is 1. The van der Waals surface area contributed by atoms with E-state index in [0.29, 0.717) is 5.75 Å². The molecule has 0 unspecified atom stereocenters. The summed E-state index contributed by atoms with van der Waals surface area (Å²) in [7, 11) is 0. The lowest BCUT2D eigenvalue weighted by atomic mass is 10.2. The third-order valence-corrected chi connectivity index (χ3v) is 3.81. The topological polar surface area (TPSA) is 63.4 Å². The Bertz CT molecular complexity index is 619. The molecule has 19 heavy (non-hydrogen) atoms. The van der Waals surface area contributed by atoms with Crippen LogP contribution in [0.4, 0.5) is 5.69 Å². The van der Waals surface area contributed by atoms with E-state index in [4.69, 9.17) is 11.6 Å². The second kappa shape index (κ2) is 5.95. The predicted molar refractivity (Wildman–Crippen MR) is 75.8 cm³/mol. The second-order valence-electron chi connectivity index (χ2n) is 3.83. The van der Waals surface area contributed by atoms with Gasteiger partial charge in [-0.3, -0.25) is 10.1 Å². The van der Waals surface area contributed by atoms with Crippen LogP contribution in [-0.4, -0.2) is 10.0 Å². The van der Waals surface area contributed by atoms with Gasteiger partial charge in [0, 0.05) is 16.7 Å². The summed E-state index contributed by atoms with van der Waals surface area (Å²) in [6.07, 6.45) is 0. The van der Waals surface area contributed by atoms with E-state index < -0.39 is 4.92 Å². The molecule has 0 aromatic heterocycles. The van der Waals surface area contributed by atoms with Crippen molar-refractivity contribution in [3.63, 3.8) is 0 Å². The zero-order valence-electron chi connectivity index (χ0n) is 9.75. The van der Waals surface area contributed by atoms with Crippen LogP contribution in [-0.2, 0) is 5.75 Å². The molecule has 0 bridgehead atoms. The van der Waals surface area contributed by atoms with Gasteiger partial charge in [-0.05, 0) is 29.8 Å². The van der Waals surface area contributed by atoms with E-state index in [1.807, 2.05) is 6.07 Å². The Morgan fingerprint density at radius 3 is 2.74 bits per heavy atom. The van der Waals surface area contributed by atoms with Crippen molar-refractivity contribution in [2.24, 2.45) is 0 Å². The number of phenolic OH excluding ortho intramolecular Hbond substituents is 1. The summed E-state index contributed by atoms with van der Waals surface area (Å²) < 4.78 is 0.